The fourth-order valence-electron chi connectivity index (χ4n) is 3.50. The van der Waals surface area contributed by atoms with Gasteiger partial charge in [0.05, 0.1) is 18.2 Å². The van der Waals surface area contributed by atoms with Crippen LogP contribution in [0, 0.1) is 0 Å². The zero-order valence-corrected chi connectivity index (χ0v) is 17.1. The molecule has 1 aliphatic rings. The smallest absolute Gasteiger partial charge is 0.338 e. The molecule has 2 aromatic rings. The third kappa shape index (κ3) is 5.59. The third-order valence-corrected chi connectivity index (χ3v) is 5.20. The van der Waals surface area contributed by atoms with Crippen LogP contribution in [0.2, 0.25) is 0 Å². The summed E-state index contributed by atoms with van der Waals surface area (Å²) in [5.74, 6) is -0.0758. The molecule has 1 amide bonds. The molecule has 0 fully saturated rings. The fourth-order valence-corrected chi connectivity index (χ4v) is 3.50. The predicted molar refractivity (Wildman–Crippen MR) is 112 cm³/mol. The first kappa shape index (κ1) is 20.9. The Morgan fingerprint density at radius 3 is 2.66 bits per heavy atom. The van der Waals surface area contributed by atoms with Gasteiger partial charge in [-0.15, -0.1) is 0 Å². The van der Waals surface area contributed by atoms with Gasteiger partial charge in [0.15, 0.2) is 6.10 Å². The van der Waals surface area contributed by atoms with Gasteiger partial charge >= 0.3 is 5.97 Å². The van der Waals surface area contributed by atoms with Crippen molar-refractivity contribution in [3.63, 3.8) is 0 Å². The lowest BCUT2D eigenvalue weighted by Crippen LogP contribution is -2.39. The Morgan fingerprint density at radius 2 is 1.90 bits per heavy atom. The minimum absolute atomic E-state index is 0.0341. The van der Waals surface area contributed by atoms with Crippen LogP contribution in [-0.4, -0.2) is 24.6 Å². The van der Waals surface area contributed by atoms with E-state index in [1.807, 2.05) is 12.1 Å². The van der Waals surface area contributed by atoms with Crippen LogP contribution in [0.3, 0.4) is 0 Å². The van der Waals surface area contributed by atoms with E-state index in [4.69, 9.17) is 9.47 Å². The molecule has 0 unspecified atom stereocenters. The summed E-state index contributed by atoms with van der Waals surface area (Å²) in [5.41, 5.74) is 2.83. The number of unbranched alkanes of at least 4 members (excludes halogenated alkanes) is 1. The molecule has 0 aliphatic heterocycles. The molecule has 0 saturated carbocycles. The van der Waals surface area contributed by atoms with Crippen molar-refractivity contribution >= 4 is 11.9 Å². The maximum absolute atomic E-state index is 12.6. The second kappa shape index (κ2) is 10.1. The van der Waals surface area contributed by atoms with Gasteiger partial charge in [0.1, 0.15) is 5.75 Å². The number of hydrogen-bond donors (Lipinski definition) is 1. The number of amides is 1. The van der Waals surface area contributed by atoms with Crippen LogP contribution in [0.1, 0.15) is 67.1 Å². The normalized spacial score (nSPS) is 16.4. The number of fused-ring (bicyclic) bond motifs is 1. The SMILES string of the molecule is CCCCOc1ccc(C(=O)O[C@@H](C)C(=O)N[C@@H]2CCCc3ccccc32)cc1. The molecule has 3 rings (SSSR count). The molecule has 0 spiro atoms. The number of aryl methyl sites for hydroxylation is 1. The van der Waals surface area contributed by atoms with E-state index in [0.717, 1.165) is 43.4 Å². The van der Waals surface area contributed by atoms with Gasteiger partial charge in [0, 0.05) is 0 Å². The second-order valence-electron chi connectivity index (χ2n) is 7.43. The Labute approximate surface area is 172 Å². The molecule has 0 bridgehead atoms. The fraction of sp³-hybridized carbons (Fsp3) is 0.417. The molecule has 1 N–H and O–H groups in total. The lowest BCUT2D eigenvalue weighted by Gasteiger charge is -2.27. The van der Waals surface area contributed by atoms with Gasteiger partial charge in [0.25, 0.3) is 5.91 Å². The summed E-state index contributed by atoms with van der Waals surface area (Å²) in [6, 6.07) is 14.9. The van der Waals surface area contributed by atoms with Crippen LogP contribution in [0.25, 0.3) is 0 Å². The number of nitrogens with one attached hydrogen (secondary N) is 1. The van der Waals surface area contributed by atoms with Gasteiger partial charge in [-0.05, 0) is 68.0 Å². The molecule has 154 valence electrons. The summed E-state index contributed by atoms with van der Waals surface area (Å²) in [7, 11) is 0. The monoisotopic (exact) mass is 395 g/mol. The lowest BCUT2D eigenvalue weighted by molar-refractivity contribution is -0.130. The summed E-state index contributed by atoms with van der Waals surface area (Å²) in [6.07, 6.45) is 4.15. The van der Waals surface area contributed by atoms with Crippen LogP contribution < -0.4 is 10.1 Å². The molecule has 0 heterocycles. The number of carbonyl (C=O) groups is 2. The first-order valence-electron chi connectivity index (χ1n) is 10.4. The van der Waals surface area contributed by atoms with E-state index in [0.29, 0.717) is 12.2 Å². The van der Waals surface area contributed by atoms with E-state index >= 15 is 0 Å². The highest BCUT2D eigenvalue weighted by molar-refractivity contribution is 5.92. The molecule has 0 saturated heterocycles. The van der Waals surface area contributed by atoms with Crippen molar-refractivity contribution in [2.24, 2.45) is 0 Å². The molecule has 5 heteroatoms. The average Bonchev–Trinajstić information content (AvgIpc) is 2.74. The molecule has 1 aliphatic carbocycles. The molecule has 2 atom stereocenters. The van der Waals surface area contributed by atoms with E-state index in [2.05, 4.69) is 24.4 Å². The quantitative estimate of drug-likeness (QED) is 0.524. The van der Waals surface area contributed by atoms with Crippen LogP contribution in [0.15, 0.2) is 48.5 Å². The van der Waals surface area contributed by atoms with Crippen molar-refractivity contribution in [1.29, 1.82) is 0 Å². The Kier molecular flexibility index (Phi) is 7.28. The highest BCUT2D eigenvalue weighted by atomic mass is 16.5. The largest absolute Gasteiger partial charge is 0.494 e. The van der Waals surface area contributed by atoms with Crippen LogP contribution in [0.5, 0.6) is 5.75 Å². The van der Waals surface area contributed by atoms with Crippen molar-refractivity contribution in [2.75, 3.05) is 6.61 Å². The lowest BCUT2D eigenvalue weighted by atomic mass is 9.87. The number of benzene rings is 2. The van der Waals surface area contributed by atoms with Crippen molar-refractivity contribution in [3.8, 4) is 5.75 Å². The van der Waals surface area contributed by atoms with E-state index < -0.39 is 12.1 Å². The topological polar surface area (TPSA) is 64.6 Å². The van der Waals surface area contributed by atoms with Gasteiger partial charge in [-0.2, -0.15) is 0 Å². The van der Waals surface area contributed by atoms with Crippen LogP contribution >= 0.6 is 0 Å². The maximum Gasteiger partial charge on any atom is 0.338 e. The first-order valence-corrected chi connectivity index (χ1v) is 10.4. The zero-order chi connectivity index (χ0) is 20.6. The minimum atomic E-state index is -0.864. The van der Waals surface area contributed by atoms with Crippen LogP contribution in [0.4, 0.5) is 0 Å². The number of rotatable bonds is 8. The van der Waals surface area contributed by atoms with Crippen molar-refractivity contribution in [3.05, 3.63) is 65.2 Å². The first-order chi connectivity index (χ1) is 14.1. The number of hydrogen-bond acceptors (Lipinski definition) is 4. The standard InChI is InChI=1S/C24H29NO4/c1-3-4-16-28-20-14-12-19(13-15-20)24(27)29-17(2)23(26)25-22-11-7-9-18-8-5-6-10-21(18)22/h5-6,8,10,12-15,17,22H,3-4,7,9,11,16H2,1-2H3,(H,25,26)/t17-,22+/m0/s1. The molecule has 2 aromatic carbocycles. The molecule has 29 heavy (non-hydrogen) atoms. The van der Waals surface area contributed by atoms with Gasteiger partial charge < -0.3 is 14.8 Å². The zero-order valence-electron chi connectivity index (χ0n) is 17.1. The number of carbonyl (C=O) groups excluding carboxylic acids is 2. The van der Waals surface area contributed by atoms with E-state index in [1.54, 1.807) is 31.2 Å². The van der Waals surface area contributed by atoms with Gasteiger partial charge in [0.2, 0.25) is 0 Å². The second-order valence-corrected chi connectivity index (χ2v) is 7.43. The molecular formula is C24H29NO4. The Morgan fingerprint density at radius 1 is 1.14 bits per heavy atom. The molecule has 0 aromatic heterocycles. The highest BCUT2D eigenvalue weighted by Gasteiger charge is 2.25. The van der Waals surface area contributed by atoms with E-state index in [-0.39, 0.29) is 11.9 Å². The van der Waals surface area contributed by atoms with E-state index in [1.165, 1.54) is 5.56 Å². The summed E-state index contributed by atoms with van der Waals surface area (Å²) >= 11 is 0. The van der Waals surface area contributed by atoms with Gasteiger partial charge in [-0.1, -0.05) is 37.6 Å². The highest BCUT2D eigenvalue weighted by Crippen LogP contribution is 2.29. The summed E-state index contributed by atoms with van der Waals surface area (Å²) in [4.78, 5) is 25.0. The molecule has 0 radical (unpaired) electrons. The van der Waals surface area contributed by atoms with Crippen molar-refractivity contribution in [1.82, 2.24) is 5.32 Å². The van der Waals surface area contributed by atoms with Crippen molar-refractivity contribution in [2.45, 2.75) is 58.1 Å². The summed E-state index contributed by atoms with van der Waals surface area (Å²) in [6.45, 7) is 4.36. The Balaban J connectivity index is 1.54. The number of esters is 1. The minimum Gasteiger partial charge on any atom is -0.494 e. The molecular weight excluding hydrogens is 366 g/mol. The van der Waals surface area contributed by atoms with Gasteiger partial charge in [-0.25, -0.2) is 4.79 Å². The summed E-state index contributed by atoms with van der Waals surface area (Å²) in [5, 5.41) is 3.03. The Bertz CT molecular complexity index is 831. The maximum atomic E-state index is 12.6. The van der Waals surface area contributed by atoms with Crippen LogP contribution in [-0.2, 0) is 16.0 Å². The predicted octanol–water partition coefficient (Wildman–Crippen LogP) is 4.60. The van der Waals surface area contributed by atoms with Gasteiger partial charge in [-0.3, -0.25) is 4.79 Å². The van der Waals surface area contributed by atoms with E-state index in [9.17, 15) is 9.59 Å². The molecule has 5 nitrogen and oxygen atoms in total. The Hall–Kier alpha value is -2.82. The number of ether oxygens (including phenoxy) is 2. The van der Waals surface area contributed by atoms with Crippen molar-refractivity contribution < 1.29 is 19.1 Å². The summed E-state index contributed by atoms with van der Waals surface area (Å²) < 4.78 is 11.0. The third-order valence-electron chi connectivity index (χ3n) is 5.20. The average molecular weight is 395 g/mol.